The highest BCUT2D eigenvalue weighted by atomic mass is 32.2. The maximum Gasteiger partial charge on any atom is 0.261 e. The molecule has 0 fully saturated rings. The lowest BCUT2D eigenvalue weighted by atomic mass is 10.1. The molecule has 0 amide bonds. The molecule has 5 nitrogen and oxygen atoms in total. The van der Waals surface area contributed by atoms with Gasteiger partial charge in [0.15, 0.2) is 5.16 Å². The van der Waals surface area contributed by atoms with Crippen molar-refractivity contribution in [2.45, 2.75) is 24.8 Å². The maximum atomic E-state index is 12.6. The third kappa shape index (κ3) is 3.28. The van der Waals surface area contributed by atoms with Gasteiger partial charge in [-0.25, -0.2) is 9.97 Å². The van der Waals surface area contributed by atoms with Crippen molar-refractivity contribution in [3.63, 3.8) is 0 Å². The molecule has 6 heteroatoms. The second kappa shape index (κ2) is 7.04. The van der Waals surface area contributed by atoms with Crippen molar-refractivity contribution in [2.75, 3.05) is 0 Å². The topological polar surface area (TPSA) is 52.7 Å². The average Bonchev–Trinajstić information content (AvgIpc) is 3.12. The molecular formula is C21H20N4OS. The summed E-state index contributed by atoms with van der Waals surface area (Å²) in [6.45, 7) is 4.19. The largest absolute Gasteiger partial charge is 0.299 e. The molecule has 0 saturated carbocycles. The first-order chi connectivity index (χ1) is 13.0. The molecule has 2 aromatic carbocycles. The van der Waals surface area contributed by atoms with Gasteiger partial charge in [-0.05, 0) is 37.6 Å². The minimum atomic E-state index is -0.0195. The Morgan fingerprint density at radius 3 is 2.74 bits per heavy atom. The molecule has 27 heavy (non-hydrogen) atoms. The van der Waals surface area contributed by atoms with Crippen molar-refractivity contribution < 1.29 is 0 Å². The first-order valence-electron chi connectivity index (χ1n) is 8.73. The Kier molecular flexibility index (Phi) is 4.58. The van der Waals surface area contributed by atoms with E-state index >= 15 is 0 Å². The Bertz CT molecular complexity index is 1190. The van der Waals surface area contributed by atoms with E-state index in [1.807, 2.05) is 30.5 Å². The fraction of sp³-hybridized carbons (Fsp3) is 0.190. The molecule has 4 aromatic rings. The monoisotopic (exact) mass is 376 g/mol. The zero-order valence-corrected chi connectivity index (χ0v) is 16.3. The molecular weight excluding hydrogens is 356 g/mol. The zero-order chi connectivity index (χ0) is 19.0. The summed E-state index contributed by atoms with van der Waals surface area (Å²) in [5.74, 6) is 1.30. The molecule has 2 aromatic heterocycles. The van der Waals surface area contributed by atoms with Gasteiger partial charge in [0, 0.05) is 19.4 Å². The van der Waals surface area contributed by atoms with Gasteiger partial charge in [-0.3, -0.25) is 13.9 Å². The number of fused-ring (bicyclic) bond motifs is 1. The van der Waals surface area contributed by atoms with E-state index in [2.05, 4.69) is 46.6 Å². The Morgan fingerprint density at radius 1 is 1.11 bits per heavy atom. The maximum absolute atomic E-state index is 12.6. The normalized spacial score (nSPS) is 11.2. The van der Waals surface area contributed by atoms with E-state index in [0.717, 1.165) is 22.2 Å². The number of aromatic nitrogens is 4. The van der Waals surface area contributed by atoms with Crippen LogP contribution < -0.4 is 5.56 Å². The van der Waals surface area contributed by atoms with E-state index in [-0.39, 0.29) is 5.56 Å². The molecule has 0 saturated heterocycles. The van der Waals surface area contributed by atoms with Gasteiger partial charge in [-0.15, -0.1) is 0 Å². The Labute approximate surface area is 161 Å². The molecule has 0 unspecified atom stereocenters. The first-order valence-corrected chi connectivity index (χ1v) is 9.71. The highest BCUT2D eigenvalue weighted by Crippen LogP contribution is 2.25. The quantitative estimate of drug-likeness (QED) is 0.505. The SMILES string of the molecule is Cc1ccc(-n2ccnc2SCc2nc3ccccc3c(=O)n2C)c(C)c1. The van der Waals surface area contributed by atoms with Gasteiger partial charge >= 0.3 is 0 Å². The van der Waals surface area contributed by atoms with Crippen LogP contribution in [-0.4, -0.2) is 19.1 Å². The number of nitrogens with zero attached hydrogens (tertiary/aromatic N) is 4. The van der Waals surface area contributed by atoms with E-state index in [4.69, 9.17) is 0 Å². The molecule has 2 heterocycles. The van der Waals surface area contributed by atoms with E-state index in [0.29, 0.717) is 11.1 Å². The summed E-state index contributed by atoms with van der Waals surface area (Å²) in [5.41, 5.74) is 4.26. The summed E-state index contributed by atoms with van der Waals surface area (Å²) in [6, 6.07) is 13.8. The summed E-state index contributed by atoms with van der Waals surface area (Å²) < 4.78 is 3.71. The van der Waals surface area contributed by atoms with Gasteiger partial charge in [-0.1, -0.05) is 41.6 Å². The number of para-hydroxylation sites is 1. The van der Waals surface area contributed by atoms with Crippen LogP contribution in [0.25, 0.3) is 16.6 Å². The van der Waals surface area contributed by atoms with Crippen LogP contribution >= 0.6 is 11.8 Å². The molecule has 0 bridgehead atoms. The van der Waals surface area contributed by atoms with Crippen LogP contribution in [0.15, 0.2) is 64.8 Å². The summed E-state index contributed by atoms with van der Waals surface area (Å²) in [6.07, 6.45) is 3.77. The van der Waals surface area contributed by atoms with Crippen LogP contribution in [0.2, 0.25) is 0 Å². The van der Waals surface area contributed by atoms with Gasteiger partial charge < -0.3 is 0 Å². The molecule has 0 N–H and O–H groups in total. The molecule has 0 spiro atoms. The van der Waals surface area contributed by atoms with Crippen LogP contribution in [0.1, 0.15) is 17.0 Å². The third-order valence-corrected chi connectivity index (χ3v) is 5.59. The third-order valence-electron chi connectivity index (χ3n) is 4.62. The lowest BCUT2D eigenvalue weighted by Gasteiger charge is -2.12. The lowest BCUT2D eigenvalue weighted by Crippen LogP contribution is -2.21. The molecule has 0 aliphatic rings. The van der Waals surface area contributed by atoms with Crippen LogP contribution in [0.4, 0.5) is 0 Å². The molecule has 0 radical (unpaired) electrons. The number of imidazole rings is 1. The van der Waals surface area contributed by atoms with Crippen LogP contribution in [0.3, 0.4) is 0 Å². The second-order valence-corrected chi connectivity index (χ2v) is 7.51. The van der Waals surface area contributed by atoms with Crippen molar-refractivity contribution >= 4 is 22.7 Å². The lowest BCUT2D eigenvalue weighted by molar-refractivity contribution is 0.783. The predicted octanol–water partition coefficient (Wildman–Crippen LogP) is 4.03. The minimum Gasteiger partial charge on any atom is -0.299 e. The summed E-state index contributed by atoms with van der Waals surface area (Å²) in [4.78, 5) is 21.7. The summed E-state index contributed by atoms with van der Waals surface area (Å²) in [5, 5.41) is 1.52. The number of thioether (sulfide) groups is 1. The number of hydrogen-bond donors (Lipinski definition) is 0. The molecule has 0 atom stereocenters. The van der Waals surface area contributed by atoms with Crippen molar-refractivity contribution in [1.29, 1.82) is 0 Å². The van der Waals surface area contributed by atoms with Crippen LogP contribution in [0.5, 0.6) is 0 Å². The first kappa shape index (κ1) is 17.5. The van der Waals surface area contributed by atoms with Gasteiger partial charge in [0.2, 0.25) is 0 Å². The van der Waals surface area contributed by atoms with Gasteiger partial charge in [0.25, 0.3) is 5.56 Å². The van der Waals surface area contributed by atoms with E-state index < -0.39 is 0 Å². The van der Waals surface area contributed by atoms with Crippen molar-refractivity contribution in [3.8, 4) is 5.69 Å². The van der Waals surface area contributed by atoms with Gasteiger partial charge in [0.05, 0.1) is 22.3 Å². The van der Waals surface area contributed by atoms with Crippen molar-refractivity contribution in [3.05, 3.63) is 82.2 Å². The average molecular weight is 376 g/mol. The van der Waals surface area contributed by atoms with Crippen LogP contribution in [-0.2, 0) is 12.8 Å². The fourth-order valence-electron chi connectivity index (χ4n) is 3.18. The number of aryl methyl sites for hydroxylation is 2. The molecule has 136 valence electrons. The summed E-state index contributed by atoms with van der Waals surface area (Å²) >= 11 is 1.58. The minimum absolute atomic E-state index is 0.0195. The highest BCUT2D eigenvalue weighted by Gasteiger charge is 2.12. The second-order valence-electron chi connectivity index (χ2n) is 6.57. The fourth-order valence-corrected chi connectivity index (χ4v) is 4.13. The van der Waals surface area contributed by atoms with E-state index in [1.54, 1.807) is 29.6 Å². The van der Waals surface area contributed by atoms with E-state index in [9.17, 15) is 4.79 Å². The number of benzene rings is 2. The smallest absolute Gasteiger partial charge is 0.261 e. The van der Waals surface area contributed by atoms with E-state index in [1.165, 1.54) is 11.1 Å². The Hall–Kier alpha value is -2.86. The summed E-state index contributed by atoms with van der Waals surface area (Å²) in [7, 11) is 1.77. The van der Waals surface area contributed by atoms with Crippen molar-refractivity contribution in [1.82, 2.24) is 19.1 Å². The van der Waals surface area contributed by atoms with Gasteiger partial charge in [-0.2, -0.15) is 0 Å². The predicted molar refractivity (Wildman–Crippen MR) is 110 cm³/mol. The highest BCUT2D eigenvalue weighted by molar-refractivity contribution is 7.98. The number of rotatable bonds is 4. The number of hydrogen-bond acceptors (Lipinski definition) is 4. The standard InChI is InChI=1S/C21H20N4OS/c1-14-8-9-18(15(2)12-14)25-11-10-22-21(25)27-13-19-23-17-7-5-4-6-16(17)20(26)24(19)3/h4-12H,13H2,1-3H3. The zero-order valence-electron chi connectivity index (χ0n) is 15.5. The molecule has 4 rings (SSSR count). The van der Waals surface area contributed by atoms with Gasteiger partial charge in [0.1, 0.15) is 5.82 Å². The Morgan fingerprint density at radius 2 is 1.93 bits per heavy atom. The molecule has 0 aliphatic heterocycles. The Balaban J connectivity index is 1.66. The van der Waals surface area contributed by atoms with Crippen molar-refractivity contribution in [2.24, 2.45) is 7.05 Å². The van der Waals surface area contributed by atoms with Crippen LogP contribution in [0, 0.1) is 13.8 Å². The molecule has 0 aliphatic carbocycles.